The van der Waals surface area contributed by atoms with Crippen molar-refractivity contribution in [1.29, 1.82) is 0 Å². The van der Waals surface area contributed by atoms with Crippen LogP contribution in [0.5, 0.6) is 5.75 Å². The number of nitrogens with one attached hydrogen (secondary N) is 1. The zero-order chi connectivity index (χ0) is 27.8. The number of aliphatic hydroxyl groups is 1. The smallest absolute Gasteiger partial charge is 0.443 e. The Labute approximate surface area is 224 Å². The lowest BCUT2D eigenvalue weighted by molar-refractivity contribution is -0.211. The van der Waals surface area contributed by atoms with E-state index in [-0.39, 0.29) is 30.8 Å². The van der Waals surface area contributed by atoms with E-state index >= 15 is 0 Å². The van der Waals surface area contributed by atoms with Gasteiger partial charge >= 0.3 is 6.18 Å². The molecule has 3 rings (SSSR count). The Bertz CT molecular complexity index is 1160. The lowest BCUT2D eigenvalue weighted by Crippen LogP contribution is -2.47. The molecule has 206 valence electrons. The van der Waals surface area contributed by atoms with E-state index in [0.717, 1.165) is 11.1 Å². The van der Waals surface area contributed by atoms with E-state index in [2.05, 4.69) is 10.3 Å². The van der Waals surface area contributed by atoms with Crippen molar-refractivity contribution in [2.45, 2.75) is 37.8 Å². The summed E-state index contributed by atoms with van der Waals surface area (Å²) in [7, 11) is 2.79. The molecule has 38 heavy (non-hydrogen) atoms. The van der Waals surface area contributed by atoms with Gasteiger partial charge in [-0.05, 0) is 43.0 Å². The number of carbonyl (C=O) groups excluding carboxylic acids is 1. The van der Waals surface area contributed by atoms with Gasteiger partial charge in [0.15, 0.2) is 11.6 Å². The van der Waals surface area contributed by atoms with Crippen molar-refractivity contribution < 1.29 is 32.5 Å². The summed E-state index contributed by atoms with van der Waals surface area (Å²) in [6.07, 6.45) is -3.34. The fourth-order valence-corrected chi connectivity index (χ4v) is 4.64. The van der Waals surface area contributed by atoms with Crippen LogP contribution in [0.15, 0.2) is 60.0 Å². The molecule has 2 atom stereocenters. The van der Waals surface area contributed by atoms with E-state index in [4.69, 9.17) is 9.47 Å². The molecule has 7 nitrogen and oxygen atoms in total. The number of halogens is 3. The van der Waals surface area contributed by atoms with E-state index in [0.29, 0.717) is 36.5 Å². The number of benzene rings is 2. The van der Waals surface area contributed by atoms with Gasteiger partial charge in [-0.1, -0.05) is 42.5 Å². The van der Waals surface area contributed by atoms with Gasteiger partial charge in [0.05, 0.1) is 6.54 Å². The number of ether oxygens (including phenoxy) is 2. The van der Waals surface area contributed by atoms with Crippen molar-refractivity contribution in [2.24, 2.45) is 0 Å². The van der Waals surface area contributed by atoms with Crippen molar-refractivity contribution in [1.82, 2.24) is 15.2 Å². The minimum atomic E-state index is -4.60. The molecular formula is C27H32F3N3O4S. The Morgan fingerprint density at radius 3 is 2.39 bits per heavy atom. The van der Waals surface area contributed by atoms with Gasteiger partial charge in [-0.15, -0.1) is 11.3 Å². The minimum Gasteiger partial charge on any atom is -0.484 e. The van der Waals surface area contributed by atoms with Gasteiger partial charge in [0, 0.05) is 32.1 Å². The highest BCUT2D eigenvalue weighted by atomic mass is 32.1. The molecule has 1 amide bonds. The maximum absolute atomic E-state index is 13.2. The molecule has 2 unspecified atom stereocenters. The van der Waals surface area contributed by atoms with Crippen LogP contribution in [-0.2, 0) is 34.3 Å². The topological polar surface area (TPSA) is 83.9 Å². The van der Waals surface area contributed by atoms with Crippen molar-refractivity contribution in [3.05, 3.63) is 81.8 Å². The first-order valence-corrected chi connectivity index (χ1v) is 12.9. The van der Waals surface area contributed by atoms with Gasteiger partial charge in [0.25, 0.3) is 5.91 Å². The highest BCUT2D eigenvalue weighted by Gasteiger charge is 2.40. The molecular weight excluding hydrogens is 519 g/mol. The van der Waals surface area contributed by atoms with Crippen LogP contribution in [0, 0.1) is 0 Å². The Balaban J connectivity index is 1.77. The maximum Gasteiger partial charge on any atom is 0.443 e. The number of methoxy groups -OCH3 is 1. The Kier molecular flexibility index (Phi) is 10.3. The van der Waals surface area contributed by atoms with E-state index in [1.807, 2.05) is 54.3 Å². The standard InChI is InChI=1S/C27H32F3N3O4S/c1-19(15-21-9-11-22(12-10-21)37-16-24(34)31-2)33(14-13-20-7-5-4-6-8-20)18-26(35,36-3)23-17-38-25(32-23)27(28,29)30/h4-12,17,19,35H,13-16,18H2,1-3H3,(H,31,34). The number of carbonyl (C=O) groups is 1. The molecule has 0 aliphatic rings. The van der Waals surface area contributed by atoms with E-state index < -0.39 is 17.0 Å². The zero-order valence-electron chi connectivity index (χ0n) is 21.5. The summed E-state index contributed by atoms with van der Waals surface area (Å²) in [6, 6.07) is 17.0. The van der Waals surface area contributed by atoms with E-state index in [1.54, 1.807) is 12.1 Å². The number of aromatic nitrogens is 1. The number of alkyl halides is 3. The molecule has 0 radical (unpaired) electrons. The first kappa shape index (κ1) is 29.6. The molecule has 0 aliphatic heterocycles. The molecule has 0 fully saturated rings. The minimum absolute atomic E-state index is 0.0775. The predicted octanol–water partition coefficient (Wildman–Crippen LogP) is 4.25. The van der Waals surface area contributed by atoms with Crippen molar-refractivity contribution >= 4 is 17.2 Å². The summed E-state index contributed by atoms with van der Waals surface area (Å²) in [5, 5.41) is 13.9. The maximum atomic E-state index is 13.2. The fourth-order valence-electron chi connectivity index (χ4n) is 3.89. The van der Waals surface area contributed by atoms with Crippen LogP contribution >= 0.6 is 11.3 Å². The second-order valence-corrected chi connectivity index (χ2v) is 9.75. The molecule has 2 N–H and O–H groups in total. The van der Waals surface area contributed by atoms with Crippen molar-refractivity contribution in [3.8, 4) is 5.75 Å². The molecule has 1 aromatic heterocycles. The van der Waals surface area contributed by atoms with Crippen LogP contribution in [-0.4, -0.2) is 60.8 Å². The first-order chi connectivity index (χ1) is 18.0. The molecule has 0 aliphatic carbocycles. The molecule has 11 heteroatoms. The number of likely N-dealkylation sites (N-methyl/N-ethyl adjacent to an activating group) is 1. The molecule has 0 saturated heterocycles. The predicted molar refractivity (Wildman–Crippen MR) is 139 cm³/mol. The van der Waals surface area contributed by atoms with Crippen LogP contribution in [0.4, 0.5) is 13.2 Å². The Morgan fingerprint density at radius 2 is 1.82 bits per heavy atom. The lowest BCUT2D eigenvalue weighted by atomic mass is 10.0. The quantitative estimate of drug-likeness (QED) is 0.309. The summed E-state index contributed by atoms with van der Waals surface area (Å²) in [4.78, 5) is 17.0. The second kappa shape index (κ2) is 13.2. The number of rotatable bonds is 13. The van der Waals surface area contributed by atoms with Gasteiger partial charge in [-0.25, -0.2) is 4.98 Å². The monoisotopic (exact) mass is 551 g/mol. The van der Waals surface area contributed by atoms with Crippen LogP contribution in [0.25, 0.3) is 0 Å². The highest BCUT2D eigenvalue weighted by Crippen LogP contribution is 2.35. The van der Waals surface area contributed by atoms with Crippen LogP contribution in [0.1, 0.15) is 28.8 Å². The number of hydrogen-bond acceptors (Lipinski definition) is 7. The summed E-state index contributed by atoms with van der Waals surface area (Å²) in [5.74, 6) is -1.70. The SMILES string of the molecule is CNC(=O)COc1ccc(CC(C)N(CCc2ccccc2)CC(O)(OC)c2csc(C(F)(F)F)n2)cc1. The third-order valence-corrected chi connectivity index (χ3v) is 7.05. The van der Waals surface area contributed by atoms with Gasteiger partial charge < -0.3 is 19.9 Å². The number of nitrogens with zero attached hydrogens (tertiary/aromatic N) is 2. The van der Waals surface area contributed by atoms with E-state index in [1.165, 1.54) is 19.5 Å². The number of hydrogen-bond donors (Lipinski definition) is 2. The van der Waals surface area contributed by atoms with Crippen LogP contribution in [0.2, 0.25) is 0 Å². The van der Waals surface area contributed by atoms with Gasteiger partial charge in [0.1, 0.15) is 11.4 Å². The summed E-state index contributed by atoms with van der Waals surface area (Å²) >= 11 is 0.424. The molecule has 0 bridgehead atoms. The molecule has 0 spiro atoms. The van der Waals surface area contributed by atoms with Gasteiger partial charge in [-0.3, -0.25) is 9.69 Å². The number of thiazole rings is 1. The third-order valence-electron chi connectivity index (χ3n) is 6.16. The average Bonchev–Trinajstić information content (AvgIpc) is 3.43. The first-order valence-electron chi connectivity index (χ1n) is 12.0. The Morgan fingerprint density at radius 1 is 1.13 bits per heavy atom. The molecule has 1 heterocycles. The summed E-state index contributed by atoms with van der Waals surface area (Å²) < 4.78 is 50.3. The molecule has 2 aromatic carbocycles. The van der Waals surface area contributed by atoms with Crippen LogP contribution < -0.4 is 10.1 Å². The normalized spacial score (nSPS) is 14.2. The summed E-state index contributed by atoms with van der Waals surface area (Å²) in [5.41, 5.74) is 1.91. The van der Waals surface area contributed by atoms with Gasteiger partial charge in [-0.2, -0.15) is 13.2 Å². The zero-order valence-corrected chi connectivity index (χ0v) is 22.3. The van der Waals surface area contributed by atoms with Crippen molar-refractivity contribution in [3.63, 3.8) is 0 Å². The lowest BCUT2D eigenvalue weighted by Gasteiger charge is -2.36. The van der Waals surface area contributed by atoms with E-state index in [9.17, 15) is 23.1 Å². The Hall–Kier alpha value is -2.99. The average molecular weight is 552 g/mol. The van der Waals surface area contributed by atoms with Crippen molar-refractivity contribution in [2.75, 3.05) is 33.9 Å². The highest BCUT2D eigenvalue weighted by molar-refractivity contribution is 7.09. The second-order valence-electron chi connectivity index (χ2n) is 8.89. The third kappa shape index (κ3) is 8.26. The van der Waals surface area contributed by atoms with Crippen LogP contribution in [0.3, 0.4) is 0 Å². The van der Waals surface area contributed by atoms with Gasteiger partial charge in [0.2, 0.25) is 5.79 Å². The summed E-state index contributed by atoms with van der Waals surface area (Å²) in [6.45, 7) is 2.35. The molecule has 0 saturated carbocycles. The fraction of sp³-hybridized carbons (Fsp3) is 0.407. The number of amides is 1. The molecule has 3 aromatic rings. The largest absolute Gasteiger partial charge is 0.484 e.